The molecule has 0 saturated carbocycles. The Labute approximate surface area is 124 Å². The summed E-state index contributed by atoms with van der Waals surface area (Å²) in [6, 6.07) is 12.3. The SMILES string of the molecule is Cc1ccc(COc2cccc3c2CCC3=NO)cc1C. The number of fused-ring (bicyclic) bond motifs is 1. The van der Waals surface area contributed by atoms with Crippen LogP contribution in [-0.4, -0.2) is 10.9 Å². The second-order valence-corrected chi connectivity index (χ2v) is 5.54. The number of hydrogen-bond acceptors (Lipinski definition) is 3. The molecule has 1 aliphatic carbocycles. The van der Waals surface area contributed by atoms with Crippen molar-refractivity contribution in [2.24, 2.45) is 5.16 Å². The van der Waals surface area contributed by atoms with Crippen molar-refractivity contribution in [3.63, 3.8) is 0 Å². The predicted molar refractivity (Wildman–Crippen MR) is 83.3 cm³/mol. The third kappa shape index (κ3) is 2.64. The molecule has 108 valence electrons. The van der Waals surface area contributed by atoms with Gasteiger partial charge in [0.25, 0.3) is 0 Å². The Morgan fingerprint density at radius 3 is 2.71 bits per heavy atom. The molecule has 3 nitrogen and oxygen atoms in total. The lowest BCUT2D eigenvalue weighted by atomic mass is 10.1. The number of hydrogen-bond donors (Lipinski definition) is 1. The summed E-state index contributed by atoms with van der Waals surface area (Å²) in [5.74, 6) is 0.893. The van der Waals surface area contributed by atoms with Crippen LogP contribution >= 0.6 is 0 Å². The number of aryl methyl sites for hydroxylation is 2. The topological polar surface area (TPSA) is 41.8 Å². The second-order valence-electron chi connectivity index (χ2n) is 5.54. The largest absolute Gasteiger partial charge is 0.489 e. The number of benzene rings is 2. The van der Waals surface area contributed by atoms with Crippen LogP contribution in [0.25, 0.3) is 0 Å². The van der Waals surface area contributed by atoms with Crippen molar-refractivity contribution in [3.05, 3.63) is 64.2 Å². The Hall–Kier alpha value is -2.29. The van der Waals surface area contributed by atoms with Crippen molar-refractivity contribution in [3.8, 4) is 5.75 Å². The maximum Gasteiger partial charge on any atom is 0.123 e. The fourth-order valence-corrected chi connectivity index (χ4v) is 2.77. The number of rotatable bonds is 3. The van der Waals surface area contributed by atoms with Gasteiger partial charge in [-0.05, 0) is 49.4 Å². The fraction of sp³-hybridized carbons (Fsp3) is 0.278. The van der Waals surface area contributed by atoms with Crippen LogP contribution in [0.4, 0.5) is 0 Å². The van der Waals surface area contributed by atoms with Gasteiger partial charge in [0.2, 0.25) is 0 Å². The van der Waals surface area contributed by atoms with Crippen LogP contribution in [0.15, 0.2) is 41.6 Å². The maximum atomic E-state index is 9.02. The van der Waals surface area contributed by atoms with Crippen LogP contribution in [-0.2, 0) is 13.0 Å². The lowest BCUT2D eigenvalue weighted by molar-refractivity contribution is 0.303. The van der Waals surface area contributed by atoms with E-state index in [1.165, 1.54) is 16.7 Å². The number of oxime groups is 1. The summed E-state index contributed by atoms with van der Waals surface area (Å²) in [5.41, 5.74) is 6.66. The monoisotopic (exact) mass is 281 g/mol. The molecule has 1 N–H and O–H groups in total. The molecule has 0 heterocycles. The molecule has 1 aliphatic rings. The van der Waals surface area contributed by atoms with E-state index in [0.717, 1.165) is 35.4 Å². The van der Waals surface area contributed by atoms with Gasteiger partial charge in [-0.3, -0.25) is 0 Å². The predicted octanol–water partition coefficient (Wildman–Crippen LogP) is 4.01. The molecule has 3 rings (SSSR count). The van der Waals surface area contributed by atoms with Gasteiger partial charge in [-0.1, -0.05) is 35.5 Å². The summed E-state index contributed by atoms with van der Waals surface area (Å²) < 4.78 is 5.99. The molecule has 0 aromatic heterocycles. The molecule has 0 amide bonds. The van der Waals surface area contributed by atoms with Gasteiger partial charge in [0.15, 0.2) is 0 Å². The first-order valence-electron chi connectivity index (χ1n) is 7.21. The molecule has 0 radical (unpaired) electrons. The smallest absolute Gasteiger partial charge is 0.123 e. The molecule has 0 spiro atoms. The zero-order valence-corrected chi connectivity index (χ0v) is 12.4. The van der Waals surface area contributed by atoms with Gasteiger partial charge in [-0.2, -0.15) is 0 Å². The van der Waals surface area contributed by atoms with Gasteiger partial charge in [-0.15, -0.1) is 0 Å². The number of nitrogens with zero attached hydrogens (tertiary/aromatic N) is 1. The first-order chi connectivity index (χ1) is 10.2. The molecular weight excluding hydrogens is 262 g/mol. The van der Waals surface area contributed by atoms with E-state index in [1.807, 2.05) is 18.2 Å². The van der Waals surface area contributed by atoms with Gasteiger partial charge < -0.3 is 9.94 Å². The van der Waals surface area contributed by atoms with E-state index in [0.29, 0.717) is 6.61 Å². The van der Waals surface area contributed by atoms with Gasteiger partial charge >= 0.3 is 0 Å². The quantitative estimate of drug-likeness (QED) is 0.682. The summed E-state index contributed by atoms with van der Waals surface area (Å²) >= 11 is 0. The molecule has 2 aromatic rings. The van der Waals surface area contributed by atoms with Crippen molar-refractivity contribution in [2.75, 3.05) is 0 Å². The van der Waals surface area contributed by atoms with Crippen molar-refractivity contribution in [2.45, 2.75) is 33.3 Å². The van der Waals surface area contributed by atoms with Crippen LogP contribution in [0.5, 0.6) is 5.75 Å². The van der Waals surface area contributed by atoms with Crippen molar-refractivity contribution in [1.82, 2.24) is 0 Å². The standard InChI is InChI=1S/C18H19NO2/c1-12-6-7-14(10-13(12)2)11-21-18-5-3-4-15-16(18)8-9-17(15)19-20/h3-7,10,20H,8-9,11H2,1-2H3. The van der Waals surface area contributed by atoms with Crippen molar-refractivity contribution < 1.29 is 9.94 Å². The van der Waals surface area contributed by atoms with Crippen LogP contribution < -0.4 is 4.74 Å². The molecule has 0 atom stereocenters. The molecule has 0 fully saturated rings. The lowest BCUT2D eigenvalue weighted by Gasteiger charge is -2.11. The fourth-order valence-electron chi connectivity index (χ4n) is 2.77. The van der Waals surface area contributed by atoms with Crippen LogP contribution in [0.2, 0.25) is 0 Å². The van der Waals surface area contributed by atoms with E-state index in [-0.39, 0.29) is 0 Å². The summed E-state index contributed by atoms with van der Waals surface area (Å²) in [4.78, 5) is 0. The Morgan fingerprint density at radius 1 is 1.10 bits per heavy atom. The zero-order chi connectivity index (χ0) is 14.8. The lowest BCUT2D eigenvalue weighted by Crippen LogP contribution is -2.00. The summed E-state index contributed by atoms with van der Waals surface area (Å²) in [6.45, 7) is 4.78. The number of ether oxygens (including phenoxy) is 1. The Kier molecular flexibility index (Phi) is 3.65. The Morgan fingerprint density at radius 2 is 1.95 bits per heavy atom. The van der Waals surface area contributed by atoms with Gasteiger partial charge in [0, 0.05) is 11.1 Å². The first-order valence-corrected chi connectivity index (χ1v) is 7.21. The molecule has 21 heavy (non-hydrogen) atoms. The van der Waals surface area contributed by atoms with E-state index < -0.39 is 0 Å². The van der Waals surface area contributed by atoms with Gasteiger partial charge in [0.05, 0.1) is 5.71 Å². The van der Waals surface area contributed by atoms with E-state index in [9.17, 15) is 0 Å². The van der Waals surface area contributed by atoms with E-state index >= 15 is 0 Å². The van der Waals surface area contributed by atoms with Crippen LogP contribution in [0.3, 0.4) is 0 Å². The highest BCUT2D eigenvalue weighted by Crippen LogP contribution is 2.31. The molecular formula is C18H19NO2. The molecule has 3 heteroatoms. The molecule has 0 aliphatic heterocycles. The minimum absolute atomic E-state index is 0.559. The molecule has 0 saturated heterocycles. The van der Waals surface area contributed by atoms with Crippen molar-refractivity contribution in [1.29, 1.82) is 0 Å². The average Bonchev–Trinajstić information content (AvgIpc) is 2.92. The minimum Gasteiger partial charge on any atom is -0.489 e. The highest BCUT2D eigenvalue weighted by Gasteiger charge is 2.21. The molecule has 2 aromatic carbocycles. The van der Waals surface area contributed by atoms with Crippen LogP contribution in [0, 0.1) is 13.8 Å². The maximum absolute atomic E-state index is 9.02. The Balaban J connectivity index is 1.80. The Bertz CT molecular complexity index is 704. The molecule has 0 unspecified atom stereocenters. The third-order valence-corrected chi connectivity index (χ3v) is 4.14. The van der Waals surface area contributed by atoms with E-state index in [1.54, 1.807) is 0 Å². The molecule has 0 bridgehead atoms. The van der Waals surface area contributed by atoms with Gasteiger partial charge in [-0.25, -0.2) is 0 Å². The second kappa shape index (κ2) is 5.60. The zero-order valence-electron chi connectivity index (χ0n) is 12.4. The summed E-state index contributed by atoms with van der Waals surface area (Å²) in [7, 11) is 0. The van der Waals surface area contributed by atoms with Crippen molar-refractivity contribution >= 4 is 5.71 Å². The first kappa shape index (κ1) is 13.7. The third-order valence-electron chi connectivity index (χ3n) is 4.14. The average molecular weight is 281 g/mol. The highest BCUT2D eigenvalue weighted by atomic mass is 16.5. The van der Waals surface area contributed by atoms with Gasteiger partial charge in [0.1, 0.15) is 12.4 Å². The van der Waals surface area contributed by atoms with Crippen LogP contribution in [0.1, 0.15) is 34.2 Å². The minimum atomic E-state index is 0.559. The highest BCUT2D eigenvalue weighted by molar-refractivity contribution is 6.04. The summed E-state index contributed by atoms with van der Waals surface area (Å²) in [6.07, 6.45) is 1.65. The van der Waals surface area contributed by atoms with E-state index in [4.69, 9.17) is 9.94 Å². The van der Waals surface area contributed by atoms with E-state index in [2.05, 4.69) is 37.2 Å². The normalized spacial score (nSPS) is 15.2. The summed E-state index contributed by atoms with van der Waals surface area (Å²) in [5, 5.41) is 12.4.